The van der Waals surface area contributed by atoms with Crippen molar-refractivity contribution in [2.75, 3.05) is 18.1 Å². The molecule has 7 heteroatoms. The molecular weight excluding hydrogens is 267 g/mol. The molecule has 0 amide bonds. The molecule has 0 saturated carbocycles. The molecule has 0 N–H and O–H groups in total. The van der Waals surface area contributed by atoms with Crippen LogP contribution in [0.2, 0.25) is 0 Å². The first-order valence-corrected chi connectivity index (χ1v) is 6.41. The van der Waals surface area contributed by atoms with E-state index in [1.54, 1.807) is 11.8 Å². The SMILES string of the molecule is CCOC(=O)C1CCCN1c1cc(F)ccc1[N+](=O)[O-]. The highest BCUT2D eigenvalue weighted by Gasteiger charge is 2.35. The minimum atomic E-state index is -0.588. The fourth-order valence-corrected chi connectivity index (χ4v) is 2.42. The van der Waals surface area contributed by atoms with Crippen LogP contribution in [-0.4, -0.2) is 30.1 Å². The number of carbonyl (C=O) groups is 1. The van der Waals surface area contributed by atoms with Gasteiger partial charge in [-0.25, -0.2) is 9.18 Å². The van der Waals surface area contributed by atoms with Gasteiger partial charge in [0, 0.05) is 18.7 Å². The molecule has 6 nitrogen and oxygen atoms in total. The number of halogens is 1. The maximum atomic E-state index is 13.4. The Morgan fingerprint density at radius 1 is 1.60 bits per heavy atom. The normalized spacial score (nSPS) is 18.1. The Hall–Kier alpha value is -2.18. The summed E-state index contributed by atoms with van der Waals surface area (Å²) in [5, 5.41) is 11.0. The first-order chi connectivity index (χ1) is 9.54. The number of nitro groups is 1. The molecule has 1 aliphatic heterocycles. The molecule has 1 saturated heterocycles. The first-order valence-electron chi connectivity index (χ1n) is 6.41. The van der Waals surface area contributed by atoms with Gasteiger partial charge in [0.15, 0.2) is 0 Å². The molecule has 0 radical (unpaired) electrons. The third kappa shape index (κ3) is 2.71. The molecule has 0 spiro atoms. The zero-order valence-corrected chi connectivity index (χ0v) is 11.0. The monoisotopic (exact) mass is 282 g/mol. The number of rotatable bonds is 4. The molecular formula is C13H15FN2O4. The summed E-state index contributed by atoms with van der Waals surface area (Å²) < 4.78 is 18.3. The second kappa shape index (κ2) is 5.85. The van der Waals surface area contributed by atoms with Crippen molar-refractivity contribution < 1.29 is 18.8 Å². The van der Waals surface area contributed by atoms with Crippen LogP contribution in [0.5, 0.6) is 0 Å². The maximum absolute atomic E-state index is 13.4. The highest BCUT2D eigenvalue weighted by atomic mass is 19.1. The fourth-order valence-electron chi connectivity index (χ4n) is 2.42. The summed E-state index contributed by atoms with van der Waals surface area (Å²) in [4.78, 5) is 23.9. The van der Waals surface area contributed by atoms with Crippen LogP contribution >= 0.6 is 0 Å². The van der Waals surface area contributed by atoms with E-state index in [4.69, 9.17) is 4.74 Å². The van der Waals surface area contributed by atoms with Crippen molar-refractivity contribution in [2.24, 2.45) is 0 Å². The molecule has 108 valence electrons. The summed E-state index contributed by atoms with van der Waals surface area (Å²) in [5.74, 6) is -0.997. The molecule has 2 rings (SSSR count). The van der Waals surface area contributed by atoms with Crippen LogP contribution in [0, 0.1) is 15.9 Å². The van der Waals surface area contributed by atoms with Crippen LogP contribution in [0.1, 0.15) is 19.8 Å². The summed E-state index contributed by atoms with van der Waals surface area (Å²) in [6, 6.07) is 2.66. The number of esters is 1. The molecule has 0 bridgehead atoms. The van der Waals surface area contributed by atoms with Crippen molar-refractivity contribution in [2.45, 2.75) is 25.8 Å². The Morgan fingerprint density at radius 3 is 3.00 bits per heavy atom. The lowest BCUT2D eigenvalue weighted by Gasteiger charge is -2.24. The van der Waals surface area contributed by atoms with Crippen molar-refractivity contribution in [3.8, 4) is 0 Å². The van der Waals surface area contributed by atoms with E-state index in [9.17, 15) is 19.3 Å². The predicted octanol–water partition coefficient (Wildman–Crippen LogP) is 2.27. The molecule has 0 aromatic heterocycles. The van der Waals surface area contributed by atoms with Gasteiger partial charge in [0.1, 0.15) is 17.5 Å². The zero-order chi connectivity index (χ0) is 14.7. The lowest BCUT2D eigenvalue weighted by atomic mass is 10.2. The average molecular weight is 282 g/mol. The van der Waals surface area contributed by atoms with Gasteiger partial charge in [-0.05, 0) is 25.8 Å². The van der Waals surface area contributed by atoms with Gasteiger partial charge in [-0.1, -0.05) is 0 Å². The number of nitrogens with zero attached hydrogens (tertiary/aromatic N) is 2. The van der Waals surface area contributed by atoms with E-state index in [1.807, 2.05) is 0 Å². The molecule has 20 heavy (non-hydrogen) atoms. The lowest BCUT2D eigenvalue weighted by Crippen LogP contribution is -2.37. The number of nitro benzene ring substituents is 1. The third-order valence-electron chi connectivity index (χ3n) is 3.26. The number of ether oxygens (including phenoxy) is 1. The molecule has 1 aromatic rings. The number of hydrogen-bond donors (Lipinski definition) is 0. The van der Waals surface area contributed by atoms with E-state index in [-0.39, 0.29) is 18.0 Å². The van der Waals surface area contributed by atoms with Crippen LogP contribution < -0.4 is 4.90 Å². The average Bonchev–Trinajstić information content (AvgIpc) is 2.87. The fraction of sp³-hybridized carbons (Fsp3) is 0.462. The second-order valence-electron chi connectivity index (χ2n) is 4.49. The Labute approximate surface area is 115 Å². The summed E-state index contributed by atoms with van der Waals surface area (Å²) in [6.45, 7) is 2.41. The van der Waals surface area contributed by atoms with Gasteiger partial charge in [0.2, 0.25) is 0 Å². The number of benzene rings is 1. The van der Waals surface area contributed by atoms with Crippen LogP contribution in [0.3, 0.4) is 0 Å². The zero-order valence-electron chi connectivity index (χ0n) is 11.0. The van der Waals surface area contributed by atoms with Gasteiger partial charge in [-0.3, -0.25) is 10.1 Å². The Kier molecular flexibility index (Phi) is 4.16. The molecule has 0 aliphatic carbocycles. The van der Waals surface area contributed by atoms with Crippen LogP contribution in [-0.2, 0) is 9.53 Å². The summed E-state index contributed by atoms with van der Waals surface area (Å²) in [5.41, 5.74) is -0.0758. The van der Waals surface area contributed by atoms with Gasteiger partial charge in [-0.2, -0.15) is 0 Å². The second-order valence-corrected chi connectivity index (χ2v) is 4.49. The van der Waals surface area contributed by atoms with Crippen molar-refractivity contribution >= 4 is 17.3 Å². The van der Waals surface area contributed by atoms with Crippen LogP contribution in [0.4, 0.5) is 15.8 Å². The van der Waals surface area contributed by atoms with E-state index in [0.29, 0.717) is 19.4 Å². The van der Waals surface area contributed by atoms with Gasteiger partial charge in [0.05, 0.1) is 11.5 Å². The predicted molar refractivity (Wildman–Crippen MR) is 70.1 cm³/mol. The first kappa shape index (κ1) is 14.2. The van der Waals surface area contributed by atoms with Crippen molar-refractivity contribution in [3.05, 3.63) is 34.1 Å². The highest BCUT2D eigenvalue weighted by Crippen LogP contribution is 2.34. The minimum Gasteiger partial charge on any atom is -0.464 e. The Balaban J connectivity index is 2.36. The number of anilines is 1. The summed E-state index contributed by atoms with van der Waals surface area (Å²) >= 11 is 0. The number of hydrogen-bond acceptors (Lipinski definition) is 5. The Bertz CT molecular complexity index is 535. The standard InChI is InChI=1S/C13H15FN2O4/c1-2-20-13(17)11-4-3-7-15(11)12-8-9(14)5-6-10(12)16(18)19/h5-6,8,11H,2-4,7H2,1H3. The van der Waals surface area contributed by atoms with Gasteiger partial charge in [-0.15, -0.1) is 0 Å². The molecule has 1 fully saturated rings. The third-order valence-corrected chi connectivity index (χ3v) is 3.26. The minimum absolute atomic E-state index is 0.130. The maximum Gasteiger partial charge on any atom is 0.328 e. The molecule has 1 aliphatic rings. The molecule has 1 heterocycles. The van der Waals surface area contributed by atoms with E-state index < -0.39 is 22.8 Å². The van der Waals surface area contributed by atoms with Crippen molar-refractivity contribution in [3.63, 3.8) is 0 Å². The van der Waals surface area contributed by atoms with E-state index in [0.717, 1.165) is 18.2 Å². The van der Waals surface area contributed by atoms with Gasteiger partial charge in [0.25, 0.3) is 5.69 Å². The van der Waals surface area contributed by atoms with Crippen molar-refractivity contribution in [1.29, 1.82) is 0 Å². The largest absolute Gasteiger partial charge is 0.464 e. The molecule has 1 unspecified atom stereocenters. The van der Waals surface area contributed by atoms with Crippen LogP contribution in [0.25, 0.3) is 0 Å². The smallest absolute Gasteiger partial charge is 0.328 e. The lowest BCUT2D eigenvalue weighted by molar-refractivity contribution is -0.384. The van der Waals surface area contributed by atoms with Crippen molar-refractivity contribution in [1.82, 2.24) is 0 Å². The van der Waals surface area contributed by atoms with Gasteiger partial charge >= 0.3 is 5.97 Å². The summed E-state index contributed by atoms with van der Waals surface area (Å²) in [7, 11) is 0. The quantitative estimate of drug-likeness (QED) is 0.481. The highest BCUT2D eigenvalue weighted by molar-refractivity contribution is 5.82. The van der Waals surface area contributed by atoms with E-state index in [2.05, 4.69) is 0 Å². The van der Waals surface area contributed by atoms with E-state index in [1.165, 1.54) is 0 Å². The van der Waals surface area contributed by atoms with Crippen LogP contribution in [0.15, 0.2) is 18.2 Å². The Morgan fingerprint density at radius 2 is 2.35 bits per heavy atom. The molecule has 1 atom stereocenters. The van der Waals surface area contributed by atoms with Gasteiger partial charge < -0.3 is 9.64 Å². The van der Waals surface area contributed by atoms with E-state index >= 15 is 0 Å². The summed E-state index contributed by atoms with van der Waals surface area (Å²) in [6.07, 6.45) is 1.25. The topological polar surface area (TPSA) is 72.7 Å². The molecule has 1 aromatic carbocycles. The number of carbonyl (C=O) groups excluding carboxylic acids is 1.